The number of benzene rings is 1. The van der Waals surface area contributed by atoms with Gasteiger partial charge < -0.3 is 16.0 Å². The highest BCUT2D eigenvalue weighted by atomic mass is 35.5. The van der Waals surface area contributed by atoms with E-state index in [2.05, 4.69) is 10.2 Å². The molecule has 144 valence electrons. The van der Waals surface area contributed by atoms with Gasteiger partial charge in [0.05, 0.1) is 4.90 Å². The number of likely N-dealkylation sites (N-methyl/N-ethyl adjacent to an activating group) is 1. The van der Waals surface area contributed by atoms with Crippen LogP contribution >= 0.6 is 24.8 Å². The molecule has 1 fully saturated rings. The highest BCUT2D eigenvalue weighted by Crippen LogP contribution is 2.21. The first-order valence-electron chi connectivity index (χ1n) is 7.68. The van der Waals surface area contributed by atoms with E-state index in [4.69, 9.17) is 5.73 Å². The second kappa shape index (κ2) is 10.9. The molecule has 0 bridgehead atoms. The summed E-state index contributed by atoms with van der Waals surface area (Å²) in [6, 6.07) is 6.80. The van der Waals surface area contributed by atoms with Gasteiger partial charge in [0.15, 0.2) is 0 Å². The van der Waals surface area contributed by atoms with Crippen LogP contribution in [0.5, 0.6) is 0 Å². The molecule has 1 heterocycles. The lowest BCUT2D eigenvalue weighted by Gasteiger charge is -2.32. The Hall–Kier alpha value is -0.900. The Labute approximate surface area is 161 Å². The van der Waals surface area contributed by atoms with Gasteiger partial charge >= 0.3 is 0 Å². The number of nitrogens with one attached hydrogen (secondary N) is 1. The lowest BCUT2D eigenvalue weighted by molar-refractivity contribution is -0.121. The minimum absolute atomic E-state index is 0. The summed E-state index contributed by atoms with van der Waals surface area (Å²) in [5.74, 6) is -0.181. The molecule has 2 rings (SSSR count). The molecule has 0 aromatic heterocycles. The maximum Gasteiger partial charge on any atom is 0.243 e. The number of halogens is 2. The van der Waals surface area contributed by atoms with Gasteiger partial charge in [-0.1, -0.05) is 18.2 Å². The van der Waals surface area contributed by atoms with Crippen LogP contribution in [0.3, 0.4) is 0 Å². The van der Waals surface area contributed by atoms with Crippen LogP contribution in [0.25, 0.3) is 0 Å². The molecule has 0 spiro atoms. The smallest absolute Gasteiger partial charge is 0.243 e. The number of hydrogen-bond donors (Lipinski definition) is 2. The molecular formula is C15H26Cl2N4O3S. The summed E-state index contributed by atoms with van der Waals surface area (Å²) in [5, 5.41) is 2.71. The number of rotatable bonds is 6. The predicted molar refractivity (Wildman–Crippen MR) is 103 cm³/mol. The van der Waals surface area contributed by atoms with E-state index in [1.807, 2.05) is 7.05 Å². The van der Waals surface area contributed by atoms with Gasteiger partial charge in [-0.2, -0.15) is 4.31 Å². The van der Waals surface area contributed by atoms with Crippen molar-refractivity contribution in [3.8, 4) is 0 Å². The van der Waals surface area contributed by atoms with E-state index in [1.165, 1.54) is 4.31 Å². The Morgan fingerprint density at radius 1 is 1.16 bits per heavy atom. The molecule has 1 amide bonds. The number of nitrogens with zero attached hydrogens (tertiary/aromatic N) is 2. The highest BCUT2D eigenvalue weighted by Gasteiger charge is 2.29. The number of nitrogens with two attached hydrogens (primary N) is 1. The molecule has 25 heavy (non-hydrogen) atoms. The minimum Gasteiger partial charge on any atom is -0.352 e. The van der Waals surface area contributed by atoms with Crippen molar-refractivity contribution in [2.45, 2.75) is 17.9 Å². The summed E-state index contributed by atoms with van der Waals surface area (Å²) in [5.41, 5.74) is 5.93. The molecule has 1 saturated heterocycles. The summed E-state index contributed by atoms with van der Waals surface area (Å²) < 4.78 is 27.2. The third kappa shape index (κ3) is 6.40. The first kappa shape index (κ1) is 24.1. The van der Waals surface area contributed by atoms with Crippen molar-refractivity contribution < 1.29 is 13.2 Å². The zero-order chi connectivity index (χ0) is 16.9. The molecule has 1 aromatic carbocycles. The lowest BCUT2D eigenvalue weighted by atomic mass is 10.2. The first-order valence-corrected chi connectivity index (χ1v) is 9.12. The van der Waals surface area contributed by atoms with Gasteiger partial charge in [0.2, 0.25) is 15.9 Å². The van der Waals surface area contributed by atoms with Crippen molar-refractivity contribution >= 4 is 40.7 Å². The number of amides is 1. The zero-order valence-electron chi connectivity index (χ0n) is 14.2. The average Bonchev–Trinajstić information content (AvgIpc) is 2.54. The molecule has 7 nitrogen and oxygen atoms in total. The van der Waals surface area contributed by atoms with Crippen LogP contribution in [-0.4, -0.2) is 63.3 Å². The second-order valence-corrected chi connectivity index (χ2v) is 7.54. The molecule has 0 saturated carbocycles. The maximum atomic E-state index is 12.9. The van der Waals surface area contributed by atoms with E-state index in [1.54, 1.807) is 24.3 Å². The summed E-state index contributed by atoms with van der Waals surface area (Å²) in [6.45, 7) is 2.84. The average molecular weight is 413 g/mol. The van der Waals surface area contributed by atoms with Crippen molar-refractivity contribution in [3.05, 3.63) is 29.8 Å². The van der Waals surface area contributed by atoms with Gasteiger partial charge in [0.1, 0.15) is 0 Å². The lowest BCUT2D eigenvalue weighted by Crippen LogP contribution is -2.47. The SMILES string of the molecule is CN1CCN(S(=O)(=O)c2ccccc2CNC(=O)CCN)CC1.Cl.Cl. The molecule has 0 radical (unpaired) electrons. The van der Waals surface area contributed by atoms with E-state index < -0.39 is 10.0 Å². The molecule has 0 aliphatic carbocycles. The van der Waals surface area contributed by atoms with Gasteiger partial charge in [0, 0.05) is 45.7 Å². The van der Waals surface area contributed by atoms with Crippen LogP contribution in [0.4, 0.5) is 0 Å². The van der Waals surface area contributed by atoms with Crippen molar-refractivity contribution in [1.29, 1.82) is 0 Å². The van der Waals surface area contributed by atoms with Gasteiger partial charge in [-0.05, 0) is 18.7 Å². The predicted octanol–water partition coefficient (Wildman–Crippen LogP) is 0.431. The normalized spacial score (nSPS) is 15.8. The Morgan fingerprint density at radius 3 is 2.36 bits per heavy atom. The van der Waals surface area contributed by atoms with E-state index in [-0.39, 0.29) is 55.1 Å². The van der Waals surface area contributed by atoms with Crippen LogP contribution in [0.1, 0.15) is 12.0 Å². The summed E-state index contributed by atoms with van der Waals surface area (Å²) >= 11 is 0. The van der Waals surface area contributed by atoms with E-state index in [0.29, 0.717) is 31.7 Å². The maximum absolute atomic E-state index is 12.9. The van der Waals surface area contributed by atoms with Crippen molar-refractivity contribution in [1.82, 2.24) is 14.5 Å². The Bertz CT molecular complexity index is 650. The fourth-order valence-electron chi connectivity index (χ4n) is 2.48. The van der Waals surface area contributed by atoms with Crippen molar-refractivity contribution in [3.63, 3.8) is 0 Å². The highest BCUT2D eigenvalue weighted by molar-refractivity contribution is 7.89. The number of hydrogen-bond acceptors (Lipinski definition) is 5. The minimum atomic E-state index is -3.55. The van der Waals surface area contributed by atoms with Crippen LogP contribution in [0.15, 0.2) is 29.2 Å². The molecule has 0 atom stereocenters. The molecule has 3 N–H and O–H groups in total. The monoisotopic (exact) mass is 412 g/mol. The molecule has 1 aromatic rings. The third-order valence-corrected chi connectivity index (χ3v) is 5.90. The number of carbonyl (C=O) groups is 1. The Morgan fingerprint density at radius 2 is 1.76 bits per heavy atom. The molecule has 1 aliphatic heterocycles. The molecule has 0 unspecified atom stereocenters. The summed E-state index contributed by atoms with van der Waals surface area (Å²) in [4.78, 5) is 13.9. The fraction of sp³-hybridized carbons (Fsp3) is 0.533. The van der Waals surface area contributed by atoms with Gasteiger partial charge in [-0.3, -0.25) is 4.79 Å². The van der Waals surface area contributed by atoms with Crippen molar-refractivity contribution in [2.75, 3.05) is 39.8 Å². The summed E-state index contributed by atoms with van der Waals surface area (Å²) in [6.07, 6.45) is 0.230. The summed E-state index contributed by atoms with van der Waals surface area (Å²) in [7, 11) is -1.57. The standard InChI is InChI=1S/C15H24N4O3S.2ClH/c1-18-8-10-19(11-9-18)23(21,22)14-5-3-2-4-13(14)12-17-15(20)6-7-16;;/h2-5H,6-12,16H2,1H3,(H,17,20);2*1H. The fourth-order valence-corrected chi connectivity index (χ4v) is 4.13. The van der Waals surface area contributed by atoms with E-state index >= 15 is 0 Å². The van der Waals surface area contributed by atoms with E-state index in [9.17, 15) is 13.2 Å². The van der Waals surface area contributed by atoms with Gasteiger partial charge in [-0.25, -0.2) is 8.42 Å². The Balaban J connectivity index is 0.00000288. The quantitative estimate of drug-likeness (QED) is 0.705. The van der Waals surface area contributed by atoms with Crippen LogP contribution < -0.4 is 11.1 Å². The van der Waals surface area contributed by atoms with Gasteiger partial charge in [0.25, 0.3) is 0 Å². The van der Waals surface area contributed by atoms with Gasteiger partial charge in [-0.15, -0.1) is 24.8 Å². The van der Waals surface area contributed by atoms with Crippen molar-refractivity contribution in [2.24, 2.45) is 5.73 Å². The Kier molecular flexibility index (Phi) is 10.6. The number of sulfonamides is 1. The van der Waals surface area contributed by atoms with Crippen LogP contribution in [0.2, 0.25) is 0 Å². The number of piperazine rings is 1. The van der Waals surface area contributed by atoms with E-state index in [0.717, 1.165) is 0 Å². The largest absolute Gasteiger partial charge is 0.352 e. The number of carbonyl (C=O) groups excluding carboxylic acids is 1. The topological polar surface area (TPSA) is 95.7 Å². The third-order valence-electron chi connectivity index (χ3n) is 3.90. The molecular weight excluding hydrogens is 387 g/mol. The zero-order valence-corrected chi connectivity index (χ0v) is 16.6. The van der Waals surface area contributed by atoms with Crippen LogP contribution in [0, 0.1) is 0 Å². The molecule has 1 aliphatic rings. The second-order valence-electron chi connectivity index (χ2n) is 5.63. The first-order chi connectivity index (χ1) is 10.9. The van der Waals surface area contributed by atoms with Crippen LogP contribution in [-0.2, 0) is 21.4 Å². The molecule has 10 heteroatoms.